The minimum Gasteiger partial charge on any atom is -0.494 e. The largest absolute Gasteiger partial charge is 0.494 e. The molecule has 0 aliphatic heterocycles. The van der Waals surface area contributed by atoms with Crippen LogP contribution in [0.25, 0.3) is 0 Å². The molecule has 0 spiro atoms. The molecule has 2 rings (SSSR count). The molecule has 0 bridgehead atoms. The second-order valence-corrected chi connectivity index (χ2v) is 5.61. The standard InChI is InChI=1S/C16H20FNO4/c1-18(16(15(20)21)8-4-3-5-9-16)14(19)11-6-7-13(22-2)12(17)10-11/h6-7,10H,3-5,8-9H2,1-2H3,(H,20,21). The third-order valence-electron chi connectivity index (χ3n) is 4.42. The number of halogens is 1. The highest BCUT2D eigenvalue weighted by atomic mass is 19.1. The lowest BCUT2D eigenvalue weighted by Crippen LogP contribution is -2.56. The lowest BCUT2D eigenvalue weighted by Gasteiger charge is -2.41. The van der Waals surface area contributed by atoms with Gasteiger partial charge in [0.2, 0.25) is 0 Å². The zero-order valence-electron chi connectivity index (χ0n) is 12.8. The minimum absolute atomic E-state index is 0.0461. The van der Waals surface area contributed by atoms with Crippen molar-refractivity contribution < 1.29 is 23.8 Å². The molecule has 6 heteroatoms. The number of nitrogens with zero attached hydrogens (tertiary/aromatic N) is 1. The van der Waals surface area contributed by atoms with Gasteiger partial charge >= 0.3 is 5.97 Å². The number of methoxy groups -OCH3 is 1. The topological polar surface area (TPSA) is 66.8 Å². The van der Waals surface area contributed by atoms with Crippen LogP contribution >= 0.6 is 0 Å². The van der Waals surface area contributed by atoms with Crippen LogP contribution in [0.5, 0.6) is 5.75 Å². The van der Waals surface area contributed by atoms with Gasteiger partial charge in [0.15, 0.2) is 11.6 Å². The number of aliphatic carboxylic acids is 1. The Morgan fingerprint density at radius 3 is 2.41 bits per heavy atom. The number of hydrogen-bond acceptors (Lipinski definition) is 3. The van der Waals surface area contributed by atoms with E-state index < -0.39 is 23.2 Å². The van der Waals surface area contributed by atoms with E-state index in [1.165, 1.54) is 31.2 Å². The van der Waals surface area contributed by atoms with E-state index in [9.17, 15) is 19.1 Å². The molecule has 1 amide bonds. The first-order valence-electron chi connectivity index (χ1n) is 7.27. The van der Waals surface area contributed by atoms with Crippen LogP contribution in [-0.4, -0.2) is 41.6 Å². The van der Waals surface area contributed by atoms with Crippen molar-refractivity contribution in [1.82, 2.24) is 4.90 Å². The SMILES string of the molecule is COc1ccc(C(=O)N(C)C2(C(=O)O)CCCCC2)cc1F. The van der Waals surface area contributed by atoms with Crippen LogP contribution in [0.15, 0.2) is 18.2 Å². The molecule has 1 aliphatic carbocycles. The number of carboxylic acid groups (broad SMARTS) is 1. The predicted octanol–water partition coefficient (Wildman–Crippen LogP) is 2.69. The van der Waals surface area contributed by atoms with Crippen LogP contribution in [0, 0.1) is 5.82 Å². The van der Waals surface area contributed by atoms with E-state index in [2.05, 4.69) is 0 Å². The van der Waals surface area contributed by atoms with Crippen molar-refractivity contribution in [3.63, 3.8) is 0 Å². The van der Waals surface area contributed by atoms with Gasteiger partial charge < -0.3 is 14.7 Å². The zero-order valence-corrected chi connectivity index (χ0v) is 12.8. The van der Waals surface area contributed by atoms with Gasteiger partial charge in [-0.1, -0.05) is 19.3 Å². The number of ether oxygens (including phenoxy) is 1. The van der Waals surface area contributed by atoms with Crippen molar-refractivity contribution in [2.24, 2.45) is 0 Å². The monoisotopic (exact) mass is 309 g/mol. The third kappa shape index (κ3) is 2.77. The van der Waals surface area contributed by atoms with Crippen LogP contribution in [-0.2, 0) is 4.79 Å². The first-order chi connectivity index (χ1) is 10.4. The minimum atomic E-state index is -1.20. The summed E-state index contributed by atoms with van der Waals surface area (Å²) >= 11 is 0. The van der Waals surface area contributed by atoms with E-state index >= 15 is 0 Å². The quantitative estimate of drug-likeness (QED) is 0.928. The van der Waals surface area contributed by atoms with Gasteiger partial charge in [0, 0.05) is 12.6 Å². The van der Waals surface area contributed by atoms with Crippen molar-refractivity contribution in [1.29, 1.82) is 0 Å². The number of benzene rings is 1. The summed E-state index contributed by atoms with van der Waals surface area (Å²) in [5.41, 5.74) is -1.09. The molecule has 5 nitrogen and oxygen atoms in total. The summed E-state index contributed by atoms with van der Waals surface area (Å²) in [5.74, 6) is -2.09. The Labute approximate surface area is 128 Å². The van der Waals surface area contributed by atoms with Crippen LogP contribution in [0.3, 0.4) is 0 Å². The maximum atomic E-state index is 13.8. The average molecular weight is 309 g/mol. The van der Waals surface area contributed by atoms with Crippen molar-refractivity contribution >= 4 is 11.9 Å². The van der Waals surface area contributed by atoms with E-state index in [1.807, 2.05) is 0 Å². The number of carbonyl (C=O) groups excluding carboxylic acids is 1. The fourth-order valence-electron chi connectivity index (χ4n) is 3.02. The smallest absolute Gasteiger partial charge is 0.329 e. The molecule has 1 aromatic rings. The van der Waals surface area contributed by atoms with E-state index in [0.717, 1.165) is 25.3 Å². The maximum Gasteiger partial charge on any atom is 0.329 e. The summed E-state index contributed by atoms with van der Waals surface area (Å²) < 4.78 is 18.6. The second-order valence-electron chi connectivity index (χ2n) is 5.61. The molecular weight excluding hydrogens is 289 g/mol. The maximum absolute atomic E-state index is 13.8. The Bertz CT molecular complexity index is 582. The second kappa shape index (κ2) is 6.34. The molecule has 1 N–H and O–H groups in total. The normalized spacial score (nSPS) is 16.9. The lowest BCUT2D eigenvalue weighted by molar-refractivity contribution is -0.151. The van der Waals surface area contributed by atoms with Crippen molar-refractivity contribution in [2.45, 2.75) is 37.6 Å². The molecule has 1 aliphatic rings. The predicted molar refractivity (Wildman–Crippen MR) is 78.5 cm³/mol. The molecule has 0 aromatic heterocycles. The average Bonchev–Trinajstić information content (AvgIpc) is 2.53. The van der Waals surface area contributed by atoms with Gasteiger partial charge in [0.25, 0.3) is 5.91 Å². The molecule has 0 heterocycles. The molecule has 0 saturated heterocycles. The van der Waals surface area contributed by atoms with Crippen molar-refractivity contribution in [3.8, 4) is 5.75 Å². The summed E-state index contributed by atoms with van der Waals surface area (Å²) in [6.07, 6.45) is 3.34. The highest BCUT2D eigenvalue weighted by molar-refractivity contribution is 5.97. The molecule has 1 aromatic carbocycles. The summed E-state index contributed by atoms with van der Waals surface area (Å²) in [5, 5.41) is 9.60. The van der Waals surface area contributed by atoms with Gasteiger partial charge in [-0.15, -0.1) is 0 Å². The van der Waals surface area contributed by atoms with Gasteiger partial charge in [0.1, 0.15) is 5.54 Å². The molecule has 120 valence electrons. The first-order valence-corrected chi connectivity index (χ1v) is 7.27. The molecule has 0 atom stereocenters. The van der Waals surface area contributed by atoms with Gasteiger partial charge in [-0.25, -0.2) is 9.18 Å². The summed E-state index contributed by atoms with van der Waals surface area (Å²) in [7, 11) is 2.82. The highest BCUT2D eigenvalue weighted by Crippen LogP contribution is 2.34. The Balaban J connectivity index is 2.30. The van der Waals surface area contributed by atoms with Gasteiger partial charge in [-0.05, 0) is 31.0 Å². The number of rotatable bonds is 4. The fourth-order valence-corrected chi connectivity index (χ4v) is 3.02. The Morgan fingerprint density at radius 1 is 1.27 bits per heavy atom. The summed E-state index contributed by atoms with van der Waals surface area (Å²) in [6.45, 7) is 0. The Hall–Kier alpha value is -2.11. The molecular formula is C16H20FNO4. The first kappa shape index (κ1) is 16.3. The molecule has 1 saturated carbocycles. The van der Waals surface area contributed by atoms with E-state index in [4.69, 9.17) is 4.74 Å². The van der Waals surface area contributed by atoms with Crippen LogP contribution in [0.2, 0.25) is 0 Å². The van der Waals surface area contributed by atoms with Crippen molar-refractivity contribution in [3.05, 3.63) is 29.6 Å². The summed E-state index contributed by atoms with van der Waals surface area (Å²) in [6, 6.07) is 3.89. The van der Waals surface area contributed by atoms with E-state index in [0.29, 0.717) is 12.8 Å². The number of likely N-dealkylation sites (N-methyl/N-ethyl adjacent to an activating group) is 1. The number of hydrogen-bond donors (Lipinski definition) is 1. The van der Waals surface area contributed by atoms with E-state index in [1.54, 1.807) is 0 Å². The van der Waals surface area contributed by atoms with Crippen molar-refractivity contribution in [2.75, 3.05) is 14.2 Å². The van der Waals surface area contributed by atoms with Crippen LogP contribution in [0.4, 0.5) is 4.39 Å². The number of carbonyl (C=O) groups is 2. The Morgan fingerprint density at radius 2 is 1.91 bits per heavy atom. The van der Waals surface area contributed by atoms with Crippen LogP contribution in [0.1, 0.15) is 42.5 Å². The molecule has 0 unspecified atom stereocenters. The summed E-state index contributed by atoms with van der Waals surface area (Å²) in [4.78, 5) is 25.5. The molecule has 0 radical (unpaired) electrons. The van der Waals surface area contributed by atoms with Gasteiger partial charge in [-0.3, -0.25) is 4.79 Å². The number of amides is 1. The lowest BCUT2D eigenvalue weighted by atomic mass is 9.80. The molecule has 22 heavy (non-hydrogen) atoms. The van der Waals surface area contributed by atoms with E-state index in [-0.39, 0.29) is 11.3 Å². The molecule has 1 fully saturated rings. The fraction of sp³-hybridized carbons (Fsp3) is 0.500. The highest BCUT2D eigenvalue weighted by Gasteiger charge is 2.45. The third-order valence-corrected chi connectivity index (χ3v) is 4.42. The van der Waals surface area contributed by atoms with Crippen LogP contribution < -0.4 is 4.74 Å². The Kier molecular flexibility index (Phi) is 4.68. The van der Waals surface area contributed by atoms with Gasteiger partial charge in [-0.2, -0.15) is 0 Å². The zero-order chi connectivity index (χ0) is 16.3. The van der Waals surface area contributed by atoms with Gasteiger partial charge in [0.05, 0.1) is 7.11 Å². The number of carboxylic acids is 1.